The highest BCUT2D eigenvalue weighted by Gasteiger charge is 2.19. The van der Waals surface area contributed by atoms with Crippen LogP contribution in [0.1, 0.15) is 12.0 Å². The van der Waals surface area contributed by atoms with Crippen LogP contribution in [-0.4, -0.2) is 78.6 Å². The van der Waals surface area contributed by atoms with Gasteiger partial charge in [0, 0.05) is 39.3 Å². The fraction of sp³-hybridized carbons (Fsp3) is 0.556. The fourth-order valence-electron chi connectivity index (χ4n) is 3.25. The molecule has 0 spiro atoms. The topological polar surface area (TPSA) is 56.2 Å². The second-order valence-corrected chi connectivity index (χ2v) is 6.35. The highest BCUT2D eigenvalue weighted by atomic mass is 16.5. The summed E-state index contributed by atoms with van der Waals surface area (Å²) in [6.07, 6.45) is 2.91. The highest BCUT2D eigenvalue weighted by Crippen LogP contribution is 2.24. The van der Waals surface area contributed by atoms with Crippen LogP contribution in [0.2, 0.25) is 0 Å². The van der Waals surface area contributed by atoms with Gasteiger partial charge in [-0.25, -0.2) is 0 Å². The van der Waals surface area contributed by atoms with E-state index in [9.17, 15) is 10.2 Å². The normalized spacial score (nSPS) is 21.9. The largest absolute Gasteiger partial charge is 0.508 e. The van der Waals surface area contributed by atoms with Gasteiger partial charge in [0.25, 0.3) is 0 Å². The number of aliphatic hydroxyl groups is 1. The first kappa shape index (κ1) is 16.5. The Kier molecular flexibility index (Phi) is 5.67. The van der Waals surface area contributed by atoms with Gasteiger partial charge in [0.2, 0.25) is 0 Å². The van der Waals surface area contributed by atoms with Crippen molar-refractivity contribution in [1.82, 2.24) is 9.80 Å². The van der Waals surface area contributed by atoms with E-state index >= 15 is 0 Å². The average molecular weight is 318 g/mol. The number of benzene rings is 1. The molecule has 3 rings (SSSR count). The predicted molar refractivity (Wildman–Crippen MR) is 90.4 cm³/mol. The molecule has 2 aliphatic rings. The van der Waals surface area contributed by atoms with Crippen molar-refractivity contribution in [3.05, 3.63) is 35.9 Å². The summed E-state index contributed by atoms with van der Waals surface area (Å²) in [5.74, 6) is 0.304. The lowest BCUT2D eigenvalue weighted by Crippen LogP contribution is -2.45. The van der Waals surface area contributed by atoms with Crippen molar-refractivity contribution in [1.29, 1.82) is 0 Å². The predicted octanol–water partition coefficient (Wildman–Crippen LogP) is 1.17. The number of β-amino-alcohol motifs (C(OH)–C–C–N with tert-alkyl or cyclic N) is 1. The second-order valence-electron chi connectivity index (χ2n) is 6.35. The van der Waals surface area contributed by atoms with Crippen molar-refractivity contribution in [2.45, 2.75) is 12.5 Å². The number of rotatable bonds is 5. The minimum atomic E-state index is -0.309. The van der Waals surface area contributed by atoms with Crippen LogP contribution in [0.15, 0.2) is 30.3 Å². The standard InChI is InChI=1S/C18H26N2O3/c21-17-3-1-15(2-4-17)16-5-7-19(8-6-16)13-18(22)14-20-9-11-23-12-10-20/h1-5,18,21-22H,6-14H2/t18-/m1/s1. The van der Waals surface area contributed by atoms with Gasteiger partial charge in [-0.15, -0.1) is 0 Å². The van der Waals surface area contributed by atoms with Gasteiger partial charge in [0.05, 0.1) is 19.3 Å². The lowest BCUT2D eigenvalue weighted by molar-refractivity contribution is 0.00768. The van der Waals surface area contributed by atoms with Gasteiger partial charge in [-0.3, -0.25) is 9.80 Å². The van der Waals surface area contributed by atoms with E-state index in [0.29, 0.717) is 5.75 Å². The van der Waals surface area contributed by atoms with Gasteiger partial charge in [0.15, 0.2) is 0 Å². The number of hydrogen-bond donors (Lipinski definition) is 2. The summed E-state index contributed by atoms with van der Waals surface area (Å²) in [4.78, 5) is 4.57. The molecular formula is C18H26N2O3. The molecule has 5 heteroatoms. The molecule has 23 heavy (non-hydrogen) atoms. The maximum absolute atomic E-state index is 10.3. The quantitative estimate of drug-likeness (QED) is 0.854. The third-order valence-electron chi connectivity index (χ3n) is 4.57. The van der Waals surface area contributed by atoms with E-state index in [-0.39, 0.29) is 6.10 Å². The van der Waals surface area contributed by atoms with E-state index in [0.717, 1.165) is 58.9 Å². The van der Waals surface area contributed by atoms with Gasteiger partial charge < -0.3 is 14.9 Å². The molecule has 5 nitrogen and oxygen atoms in total. The molecule has 0 aromatic heterocycles. The zero-order chi connectivity index (χ0) is 16.1. The van der Waals surface area contributed by atoms with E-state index in [1.165, 1.54) is 11.1 Å². The zero-order valence-electron chi connectivity index (χ0n) is 13.5. The first-order chi connectivity index (χ1) is 11.2. The van der Waals surface area contributed by atoms with E-state index in [1.54, 1.807) is 12.1 Å². The zero-order valence-corrected chi connectivity index (χ0v) is 13.5. The lowest BCUT2D eigenvalue weighted by Gasteiger charge is -2.32. The number of ether oxygens (including phenoxy) is 1. The average Bonchev–Trinajstić information content (AvgIpc) is 2.57. The summed E-state index contributed by atoms with van der Waals surface area (Å²) < 4.78 is 5.34. The van der Waals surface area contributed by atoms with Crippen molar-refractivity contribution in [2.24, 2.45) is 0 Å². The summed E-state index contributed by atoms with van der Waals surface area (Å²) in [7, 11) is 0. The fourth-order valence-corrected chi connectivity index (χ4v) is 3.25. The van der Waals surface area contributed by atoms with Gasteiger partial charge >= 0.3 is 0 Å². The maximum Gasteiger partial charge on any atom is 0.115 e. The van der Waals surface area contributed by atoms with Gasteiger partial charge in [0.1, 0.15) is 5.75 Å². The Balaban J connectivity index is 1.47. The molecule has 0 unspecified atom stereocenters. The van der Waals surface area contributed by atoms with Gasteiger partial charge in [-0.05, 0) is 29.7 Å². The van der Waals surface area contributed by atoms with Crippen LogP contribution >= 0.6 is 0 Å². The Bertz CT molecular complexity index is 524. The Morgan fingerprint density at radius 2 is 1.70 bits per heavy atom. The molecule has 0 bridgehead atoms. The third kappa shape index (κ3) is 4.78. The first-order valence-corrected chi connectivity index (χ1v) is 8.39. The van der Waals surface area contributed by atoms with Crippen molar-refractivity contribution in [3.8, 4) is 5.75 Å². The van der Waals surface area contributed by atoms with E-state index in [1.807, 2.05) is 12.1 Å². The molecule has 2 heterocycles. The van der Waals surface area contributed by atoms with Crippen LogP contribution in [0.3, 0.4) is 0 Å². The Morgan fingerprint density at radius 1 is 1.00 bits per heavy atom. The van der Waals surface area contributed by atoms with Crippen molar-refractivity contribution in [2.75, 3.05) is 52.5 Å². The molecule has 1 aromatic rings. The molecule has 0 radical (unpaired) electrons. The highest BCUT2D eigenvalue weighted by molar-refractivity contribution is 5.67. The smallest absolute Gasteiger partial charge is 0.115 e. The van der Waals surface area contributed by atoms with E-state index in [2.05, 4.69) is 15.9 Å². The number of phenolic OH excluding ortho intramolecular Hbond substituents is 1. The summed E-state index contributed by atoms with van der Waals surface area (Å²) in [6, 6.07) is 7.39. The Labute approximate surface area is 137 Å². The van der Waals surface area contributed by atoms with Crippen LogP contribution in [0.25, 0.3) is 5.57 Å². The molecule has 0 amide bonds. The number of nitrogens with zero attached hydrogens (tertiary/aromatic N) is 2. The van der Waals surface area contributed by atoms with Crippen LogP contribution in [-0.2, 0) is 4.74 Å². The molecule has 1 fully saturated rings. The van der Waals surface area contributed by atoms with Gasteiger partial charge in [-0.2, -0.15) is 0 Å². The molecule has 1 aromatic carbocycles. The van der Waals surface area contributed by atoms with Crippen molar-refractivity contribution in [3.63, 3.8) is 0 Å². The van der Waals surface area contributed by atoms with Crippen LogP contribution in [0, 0.1) is 0 Å². The van der Waals surface area contributed by atoms with Gasteiger partial charge in [-0.1, -0.05) is 18.2 Å². The number of aliphatic hydroxyl groups excluding tert-OH is 1. The molecule has 0 saturated carbocycles. The Morgan fingerprint density at radius 3 is 2.35 bits per heavy atom. The van der Waals surface area contributed by atoms with E-state index in [4.69, 9.17) is 4.74 Å². The van der Waals surface area contributed by atoms with Crippen molar-refractivity contribution < 1.29 is 14.9 Å². The summed E-state index contributed by atoms with van der Waals surface area (Å²) in [5, 5.41) is 19.7. The minimum absolute atomic E-state index is 0.304. The molecule has 2 N–H and O–H groups in total. The van der Waals surface area contributed by atoms with E-state index < -0.39 is 0 Å². The van der Waals surface area contributed by atoms with Crippen LogP contribution < -0.4 is 0 Å². The second kappa shape index (κ2) is 7.93. The lowest BCUT2D eigenvalue weighted by atomic mass is 9.99. The van der Waals surface area contributed by atoms with Crippen molar-refractivity contribution >= 4 is 5.57 Å². The summed E-state index contributed by atoms with van der Waals surface area (Å²) >= 11 is 0. The number of morpholine rings is 1. The molecule has 1 saturated heterocycles. The molecule has 2 aliphatic heterocycles. The number of phenols is 1. The molecular weight excluding hydrogens is 292 g/mol. The maximum atomic E-state index is 10.3. The first-order valence-electron chi connectivity index (χ1n) is 8.39. The molecule has 126 valence electrons. The summed E-state index contributed by atoms with van der Waals surface area (Å²) in [6.45, 7) is 6.67. The number of hydrogen-bond acceptors (Lipinski definition) is 5. The third-order valence-corrected chi connectivity index (χ3v) is 4.57. The molecule has 1 atom stereocenters. The molecule has 0 aliphatic carbocycles. The number of aromatic hydroxyl groups is 1. The Hall–Kier alpha value is -1.40. The summed E-state index contributed by atoms with van der Waals surface area (Å²) in [5.41, 5.74) is 2.50. The minimum Gasteiger partial charge on any atom is -0.508 e. The van der Waals surface area contributed by atoms with Crippen LogP contribution in [0.5, 0.6) is 5.75 Å². The van der Waals surface area contributed by atoms with Crippen LogP contribution in [0.4, 0.5) is 0 Å². The SMILES string of the molecule is Oc1ccc(C2=CCN(C[C@@H](O)CN3CCOCC3)CC2)cc1. The monoisotopic (exact) mass is 318 g/mol.